The summed E-state index contributed by atoms with van der Waals surface area (Å²) in [7, 11) is 0. The molecule has 1 aromatic rings. The van der Waals surface area contributed by atoms with Crippen molar-refractivity contribution in [2.75, 3.05) is 0 Å². The first-order chi connectivity index (χ1) is 8.08. The number of aliphatic hydroxyl groups is 1. The lowest BCUT2D eigenvalue weighted by Crippen LogP contribution is -2.54. The summed E-state index contributed by atoms with van der Waals surface area (Å²) in [5, 5.41) is 9.28. The van der Waals surface area contributed by atoms with Crippen LogP contribution in [-0.4, -0.2) is 22.8 Å². The summed E-state index contributed by atoms with van der Waals surface area (Å²) in [6.07, 6.45) is -4.35. The third kappa shape index (κ3) is 2.87. The minimum atomic E-state index is -5.81. The molecule has 1 unspecified atom stereocenters. The molecule has 0 saturated carbocycles. The van der Waals surface area contributed by atoms with Crippen molar-refractivity contribution in [1.29, 1.82) is 0 Å². The normalized spacial score (nSPS) is 16.8. The first-order valence-corrected chi connectivity index (χ1v) is 4.99. The van der Waals surface area contributed by atoms with Gasteiger partial charge in [0.05, 0.1) is 0 Å². The summed E-state index contributed by atoms with van der Waals surface area (Å²) in [4.78, 5) is 0. The average Bonchev–Trinajstić information content (AvgIpc) is 2.26. The van der Waals surface area contributed by atoms with Crippen LogP contribution in [0.1, 0.15) is 12.5 Å². The summed E-state index contributed by atoms with van der Waals surface area (Å²) in [6, 6.07) is 7.88. The van der Waals surface area contributed by atoms with E-state index in [0.29, 0.717) is 18.6 Å². The molecule has 0 saturated heterocycles. The lowest BCUT2D eigenvalue weighted by atomic mass is 9.96. The maximum absolute atomic E-state index is 13.0. The second-order valence-corrected chi connectivity index (χ2v) is 3.96. The van der Waals surface area contributed by atoms with Gasteiger partial charge < -0.3 is 5.11 Å². The Kier molecular flexibility index (Phi) is 3.81. The van der Waals surface area contributed by atoms with Crippen LogP contribution in [0.4, 0.5) is 22.0 Å². The number of hydrogen-bond donors (Lipinski definition) is 1. The van der Waals surface area contributed by atoms with E-state index in [-0.39, 0.29) is 0 Å². The van der Waals surface area contributed by atoms with E-state index in [1.807, 2.05) is 0 Å². The van der Waals surface area contributed by atoms with Gasteiger partial charge in [-0.05, 0) is 18.6 Å². The fourth-order valence-electron chi connectivity index (χ4n) is 1.21. The molecule has 0 aliphatic heterocycles. The molecule has 0 aliphatic rings. The largest absolute Gasteiger partial charge is 0.456 e. The molecule has 0 aliphatic carbocycles. The van der Waals surface area contributed by atoms with E-state index in [4.69, 9.17) is 0 Å². The zero-order chi connectivity index (χ0) is 14.0. The van der Waals surface area contributed by atoms with Crippen molar-refractivity contribution >= 4 is 6.08 Å². The summed E-state index contributed by atoms with van der Waals surface area (Å²) in [6.45, 7) is 0.417. The second-order valence-electron chi connectivity index (χ2n) is 3.96. The predicted molar refractivity (Wildman–Crippen MR) is 57.1 cm³/mol. The molecule has 6 heteroatoms. The Morgan fingerprint density at radius 2 is 1.50 bits per heavy atom. The van der Waals surface area contributed by atoms with Gasteiger partial charge in [0, 0.05) is 0 Å². The van der Waals surface area contributed by atoms with Crippen LogP contribution in [0.2, 0.25) is 0 Å². The van der Waals surface area contributed by atoms with Crippen LogP contribution < -0.4 is 0 Å². The van der Waals surface area contributed by atoms with Gasteiger partial charge in [-0.1, -0.05) is 36.4 Å². The maximum atomic E-state index is 13.0. The third-order valence-electron chi connectivity index (χ3n) is 2.39. The monoisotopic (exact) mass is 266 g/mol. The Morgan fingerprint density at radius 1 is 1.00 bits per heavy atom. The first kappa shape index (κ1) is 14.6. The molecular weight excluding hydrogens is 255 g/mol. The molecule has 0 spiro atoms. The molecule has 0 fully saturated rings. The molecule has 0 amide bonds. The highest BCUT2D eigenvalue weighted by Gasteiger charge is 2.67. The lowest BCUT2D eigenvalue weighted by molar-refractivity contribution is -0.327. The highest BCUT2D eigenvalue weighted by Crippen LogP contribution is 2.44. The number of benzene rings is 1. The molecule has 1 N–H and O–H groups in total. The summed E-state index contributed by atoms with van der Waals surface area (Å²) < 4.78 is 62.3. The zero-order valence-electron chi connectivity index (χ0n) is 9.38. The smallest absolute Gasteiger partial charge is 0.379 e. The maximum Gasteiger partial charge on any atom is 0.456 e. The molecule has 0 bridgehead atoms. The van der Waals surface area contributed by atoms with Crippen molar-refractivity contribution in [1.82, 2.24) is 0 Å². The van der Waals surface area contributed by atoms with Gasteiger partial charge >= 0.3 is 12.1 Å². The van der Waals surface area contributed by atoms with E-state index in [1.165, 1.54) is 12.1 Å². The predicted octanol–water partition coefficient (Wildman–Crippen LogP) is 3.65. The summed E-state index contributed by atoms with van der Waals surface area (Å²) in [5.74, 6) is -5.22. The Balaban J connectivity index is 2.98. The second kappa shape index (κ2) is 4.68. The molecule has 0 heterocycles. The van der Waals surface area contributed by atoms with Crippen molar-refractivity contribution in [3.8, 4) is 0 Å². The van der Waals surface area contributed by atoms with Gasteiger partial charge in [0.1, 0.15) is 0 Å². The van der Waals surface area contributed by atoms with Crippen molar-refractivity contribution in [2.45, 2.75) is 24.6 Å². The molecule has 1 aromatic carbocycles. The van der Waals surface area contributed by atoms with Crippen molar-refractivity contribution in [3.05, 3.63) is 42.0 Å². The molecule has 18 heavy (non-hydrogen) atoms. The Morgan fingerprint density at radius 3 is 1.94 bits per heavy atom. The van der Waals surface area contributed by atoms with Crippen LogP contribution in [0, 0.1) is 0 Å². The van der Waals surface area contributed by atoms with Gasteiger partial charge in [-0.2, -0.15) is 22.0 Å². The van der Waals surface area contributed by atoms with Gasteiger partial charge in [-0.15, -0.1) is 0 Å². The number of halogens is 5. The summed E-state index contributed by atoms with van der Waals surface area (Å²) >= 11 is 0. The van der Waals surface area contributed by atoms with Crippen molar-refractivity contribution in [2.24, 2.45) is 0 Å². The molecule has 1 atom stereocenters. The Labute approximate surface area is 101 Å². The molecule has 0 radical (unpaired) electrons. The van der Waals surface area contributed by atoms with Gasteiger partial charge in [0.25, 0.3) is 0 Å². The van der Waals surface area contributed by atoms with E-state index in [1.54, 1.807) is 18.2 Å². The number of hydrogen-bond acceptors (Lipinski definition) is 1. The van der Waals surface area contributed by atoms with Gasteiger partial charge in [-0.25, -0.2) is 0 Å². The Bertz CT molecular complexity index is 420. The number of rotatable bonds is 3. The van der Waals surface area contributed by atoms with Crippen LogP contribution in [0.5, 0.6) is 0 Å². The van der Waals surface area contributed by atoms with E-state index in [9.17, 15) is 27.1 Å². The fraction of sp³-hybridized carbons (Fsp3) is 0.333. The van der Waals surface area contributed by atoms with E-state index < -0.39 is 17.7 Å². The topological polar surface area (TPSA) is 20.2 Å². The van der Waals surface area contributed by atoms with Gasteiger partial charge in [0.15, 0.2) is 5.60 Å². The molecule has 1 nitrogen and oxygen atoms in total. The van der Waals surface area contributed by atoms with Crippen LogP contribution in [0.3, 0.4) is 0 Å². The van der Waals surface area contributed by atoms with E-state index >= 15 is 0 Å². The highest BCUT2D eigenvalue weighted by molar-refractivity contribution is 5.50. The van der Waals surface area contributed by atoms with Crippen molar-refractivity contribution in [3.63, 3.8) is 0 Å². The van der Waals surface area contributed by atoms with Crippen LogP contribution in [0.25, 0.3) is 6.08 Å². The van der Waals surface area contributed by atoms with E-state index in [2.05, 4.69) is 0 Å². The lowest BCUT2D eigenvalue weighted by Gasteiger charge is -2.31. The quantitative estimate of drug-likeness (QED) is 0.828. The van der Waals surface area contributed by atoms with Crippen LogP contribution >= 0.6 is 0 Å². The zero-order valence-corrected chi connectivity index (χ0v) is 9.38. The molecule has 1 rings (SSSR count). The van der Waals surface area contributed by atoms with Crippen LogP contribution in [0.15, 0.2) is 36.4 Å². The van der Waals surface area contributed by atoms with E-state index in [0.717, 1.165) is 6.08 Å². The minimum Gasteiger partial charge on any atom is -0.379 e. The fourth-order valence-corrected chi connectivity index (χ4v) is 1.21. The molecular formula is C12H11F5O. The summed E-state index contributed by atoms with van der Waals surface area (Å²) in [5.41, 5.74) is -2.89. The number of alkyl halides is 5. The SMILES string of the molecule is CC(O)(C=Cc1ccccc1)C(F)(F)C(F)(F)F. The Hall–Kier alpha value is -1.43. The standard InChI is InChI=1S/C12H11F5O/c1-10(18,11(13,14)12(15,16)17)8-7-9-5-3-2-4-6-9/h2-8,18H,1H3. The van der Waals surface area contributed by atoms with Crippen molar-refractivity contribution < 1.29 is 27.1 Å². The minimum absolute atomic E-state index is 0.413. The van der Waals surface area contributed by atoms with Crippen LogP contribution in [-0.2, 0) is 0 Å². The average molecular weight is 266 g/mol. The third-order valence-corrected chi connectivity index (χ3v) is 2.39. The molecule has 0 aromatic heterocycles. The highest BCUT2D eigenvalue weighted by atomic mass is 19.4. The van der Waals surface area contributed by atoms with Gasteiger partial charge in [-0.3, -0.25) is 0 Å². The first-order valence-electron chi connectivity index (χ1n) is 4.99. The molecule has 100 valence electrons. The van der Waals surface area contributed by atoms with Gasteiger partial charge in [0.2, 0.25) is 0 Å².